The molecule has 0 aliphatic heterocycles. The minimum atomic E-state index is -1.37. The van der Waals surface area contributed by atoms with Crippen molar-refractivity contribution in [1.29, 1.82) is 0 Å². The highest BCUT2D eigenvalue weighted by Gasteiger charge is 2.54. The molecule has 0 aromatic heterocycles. The molecule has 4 nitrogen and oxygen atoms in total. The highest BCUT2D eigenvalue weighted by atomic mass is 16.4. The lowest BCUT2D eigenvalue weighted by Gasteiger charge is -2.43. The van der Waals surface area contributed by atoms with Crippen LogP contribution >= 0.6 is 0 Å². The molecule has 0 aromatic rings. The van der Waals surface area contributed by atoms with E-state index in [4.69, 9.17) is 5.11 Å². The maximum atomic E-state index is 11.0. The molecular formula is C15H22O4. The fraction of sp³-hybridized carbons (Fsp3) is 0.667. The van der Waals surface area contributed by atoms with Crippen molar-refractivity contribution in [2.24, 2.45) is 11.8 Å². The van der Waals surface area contributed by atoms with E-state index in [2.05, 4.69) is 0 Å². The van der Waals surface area contributed by atoms with Gasteiger partial charge in [0.15, 0.2) is 0 Å². The zero-order valence-corrected chi connectivity index (χ0v) is 11.7. The number of aliphatic carboxylic acids is 1. The molecule has 19 heavy (non-hydrogen) atoms. The molecule has 0 radical (unpaired) electrons. The van der Waals surface area contributed by atoms with Crippen molar-refractivity contribution in [3.05, 3.63) is 23.3 Å². The number of aliphatic hydroxyl groups is 2. The predicted octanol–water partition coefficient (Wildman–Crippen LogP) is 1.88. The normalized spacial score (nSPS) is 42.8. The molecule has 4 atom stereocenters. The van der Waals surface area contributed by atoms with Crippen molar-refractivity contribution in [3.63, 3.8) is 0 Å². The first-order valence-electron chi connectivity index (χ1n) is 6.71. The molecular weight excluding hydrogens is 244 g/mol. The number of rotatable bonds is 2. The average Bonchev–Trinajstić information content (AvgIpc) is 2.53. The topological polar surface area (TPSA) is 77.8 Å². The van der Waals surface area contributed by atoms with Gasteiger partial charge in [0.2, 0.25) is 0 Å². The Morgan fingerprint density at radius 1 is 1.47 bits per heavy atom. The van der Waals surface area contributed by atoms with Crippen molar-refractivity contribution in [3.8, 4) is 0 Å². The van der Waals surface area contributed by atoms with Crippen molar-refractivity contribution >= 4 is 5.97 Å². The van der Waals surface area contributed by atoms with Crippen LogP contribution in [-0.2, 0) is 4.79 Å². The van der Waals surface area contributed by atoms with Crippen molar-refractivity contribution in [1.82, 2.24) is 0 Å². The second-order valence-electron chi connectivity index (χ2n) is 6.35. The van der Waals surface area contributed by atoms with Crippen LogP contribution in [0, 0.1) is 11.8 Å². The molecule has 1 unspecified atom stereocenters. The Morgan fingerprint density at radius 2 is 2.11 bits per heavy atom. The second-order valence-corrected chi connectivity index (χ2v) is 6.35. The van der Waals surface area contributed by atoms with Gasteiger partial charge in [-0.05, 0) is 58.1 Å². The molecule has 0 saturated heterocycles. The summed E-state index contributed by atoms with van der Waals surface area (Å²) in [6.07, 6.45) is 5.47. The van der Waals surface area contributed by atoms with Gasteiger partial charge < -0.3 is 15.3 Å². The van der Waals surface area contributed by atoms with E-state index in [-0.39, 0.29) is 17.4 Å². The van der Waals surface area contributed by atoms with Crippen LogP contribution < -0.4 is 0 Å². The first kappa shape index (κ1) is 14.3. The SMILES string of the molecule is CC1=CC(O)(/C=C(\C)C(=O)O)[C@@H]2[C@H](CC[C@@]2(C)O)C1. The standard InChI is InChI=1S/C15H22O4/c1-9-6-11-4-5-14(3,18)12(11)15(19,7-9)8-10(2)13(16)17/h7-8,11-12,18-19H,4-6H2,1-3H3,(H,16,17)/b10-8+/t11-,12-,14-,15?/m1/s1. The molecule has 1 saturated carbocycles. The van der Waals surface area contributed by atoms with Crippen LogP contribution in [0.25, 0.3) is 0 Å². The summed E-state index contributed by atoms with van der Waals surface area (Å²) in [7, 11) is 0. The summed E-state index contributed by atoms with van der Waals surface area (Å²) >= 11 is 0. The van der Waals surface area contributed by atoms with Crippen molar-refractivity contribution < 1.29 is 20.1 Å². The lowest BCUT2D eigenvalue weighted by molar-refractivity contribution is -0.133. The second kappa shape index (κ2) is 4.46. The summed E-state index contributed by atoms with van der Waals surface area (Å²) in [6.45, 7) is 5.15. The quantitative estimate of drug-likeness (QED) is 0.527. The molecule has 2 rings (SSSR count). The van der Waals surface area contributed by atoms with Crippen LogP contribution in [0.2, 0.25) is 0 Å². The Balaban J connectivity index is 2.48. The van der Waals surface area contributed by atoms with Gasteiger partial charge in [-0.25, -0.2) is 4.79 Å². The van der Waals surface area contributed by atoms with Gasteiger partial charge in [0, 0.05) is 11.5 Å². The van der Waals surface area contributed by atoms with Gasteiger partial charge in [-0.3, -0.25) is 0 Å². The third kappa shape index (κ3) is 2.47. The summed E-state index contributed by atoms with van der Waals surface area (Å²) in [6, 6.07) is 0. The van der Waals surface area contributed by atoms with E-state index in [1.165, 1.54) is 13.0 Å². The fourth-order valence-electron chi connectivity index (χ4n) is 3.90. The molecule has 0 spiro atoms. The number of fused-ring (bicyclic) bond motifs is 1. The smallest absolute Gasteiger partial charge is 0.331 e. The van der Waals surface area contributed by atoms with Gasteiger partial charge in [0.05, 0.1) is 5.60 Å². The molecule has 2 aliphatic carbocycles. The van der Waals surface area contributed by atoms with Gasteiger partial charge in [-0.1, -0.05) is 5.57 Å². The largest absolute Gasteiger partial charge is 0.478 e. The van der Waals surface area contributed by atoms with Gasteiger partial charge in [-0.15, -0.1) is 0 Å². The molecule has 0 bridgehead atoms. The Morgan fingerprint density at radius 3 is 2.68 bits per heavy atom. The number of hydrogen-bond donors (Lipinski definition) is 3. The number of carbonyl (C=O) groups is 1. The van der Waals surface area contributed by atoms with E-state index in [1.807, 2.05) is 6.92 Å². The molecule has 0 amide bonds. The molecule has 4 heteroatoms. The molecule has 2 aliphatic rings. The summed E-state index contributed by atoms with van der Waals surface area (Å²) in [5.74, 6) is -1.17. The minimum Gasteiger partial charge on any atom is -0.478 e. The van der Waals surface area contributed by atoms with Gasteiger partial charge >= 0.3 is 5.97 Å². The lowest BCUT2D eigenvalue weighted by atomic mass is 9.67. The summed E-state index contributed by atoms with van der Waals surface area (Å²) in [5, 5.41) is 30.4. The van der Waals surface area contributed by atoms with Crippen LogP contribution in [-0.4, -0.2) is 32.5 Å². The third-order valence-electron chi connectivity index (χ3n) is 4.51. The van der Waals surface area contributed by atoms with Crippen LogP contribution in [0.5, 0.6) is 0 Å². The van der Waals surface area contributed by atoms with E-state index in [1.54, 1.807) is 13.0 Å². The highest BCUT2D eigenvalue weighted by Crippen LogP contribution is 2.52. The van der Waals surface area contributed by atoms with E-state index < -0.39 is 17.2 Å². The summed E-state index contributed by atoms with van der Waals surface area (Å²) < 4.78 is 0. The van der Waals surface area contributed by atoms with Crippen LogP contribution in [0.1, 0.15) is 40.0 Å². The summed E-state index contributed by atoms with van der Waals surface area (Å²) in [5.41, 5.74) is -1.16. The third-order valence-corrected chi connectivity index (χ3v) is 4.51. The zero-order valence-electron chi connectivity index (χ0n) is 11.7. The van der Waals surface area contributed by atoms with Crippen molar-refractivity contribution in [2.75, 3.05) is 0 Å². The number of carboxylic acid groups (broad SMARTS) is 1. The zero-order chi connectivity index (χ0) is 14.4. The monoisotopic (exact) mass is 266 g/mol. The molecule has 3 N–H and O–H groups in total. The maximum Gasteiger partial charge on any atom is 0.331 e. The maximum absolute atomic E-state index is 11.0. The Kier molecular flexibility index (Phi) is 3.35. The van der Waals surface area contributed by atoms with E-state index in [0.717, 1.165) is 18.4 Å². The number of allylic oxidation sites excluding steroid dienone is 1. The van der Waals surface area contributed by atoms with Gasteiger partial charge in [0.1, 0.15) is 5.60 Å². The minimum absolute atomic E-state index is 0.106. The van der Waals surface area contributed by atoms with Crippen LogP contribution in [0.4, 0.5) is 0 Å². The Labute approximate surface area is 113 Å². The summed E-state index contributed by atoms with van der Waals surface area (Å²) in [4.78, 5) is 11.0. The number of hydrogen-bond acceptors (Lipinski definition) is 3. The van der Waals surface area contributed by atoms with Crippen LogP contribution in [0.3, 0.4) is 0 Å². The van der Waals surface area contributed by atoms with Gasteiger partial charge in [0.25, 0.3) is 0 Å². The first-order valence-corrected chi connectivity index (χ1v) is 6.71. The number of carboxylic acids is 1. The van der Waals surface area contributed by atoms with Gasteiger partial charge in [-0.2, -0.15) is 0 Å². The van der Waals surface area contributed by atoms with Crippen LogP contribution in [0.15, 0.2) is 23.3 Å². The predicted molar refractivity (Wildman–Crippen MR) is 71.6 cm³/mol. The molecule has 1 fully saturated rings. The highest BCUT2D eigenvalue weighted by molar-refractivity contribution is 5.86. The fourth-order valence-corrected chi connectivity index (χ4v) is 3.90. The van der Waals surface area contributed by atoms with E-state index in [0.29, 0.717) is 6.42 Å². The van der Waals surface area contributed by atoms with E-state index >= 15 is 0 Å². The average molecular weight is 266 g/mol. The Hall–Kier alpha value is -1.13. The molecule has 0 heterocycles. The lowest BCUT2D eigenvalue weighted by Crippen LogP contribution is -2.50. The first-order chi connectivity index (χ1) is 8.66. The molecule has 0 aromatic carbocycles. The molecule has 106 valence electrons. The van der Waals surface area contributed by atoms with Crippen molar-refractivity contribution in [2.45, 2.75) is 51.2 Å². The van der Waals surface area contributed by atoms with E-state index in [9.17, 15) is 15.0 Å². The Bertz CT molecular complexity index is 461.